The molecule has 0 atom stereocenters. The molecule has 1 aliphatic carbocycles. The highest BCUT2D eigenvalue weighted by atomic mass is 16.5. The lowest BCUT2D eigenvalue weighted by atomic mass is 10.0. The number of benzene rings is 1. The van der Waals surface area contributed by atoms with Crippen molar-refractivity contribution in [2.24, 2.45) is 0 Å². The average molecular weight is 215 g/mol. The molecule has 82 valence electrons. The van der Waals surface area contributed by atoms with Crippen LogP contribution in [0.1, 0.15) is 18.4 Å². The number of hydrogen-bond acceptors (Lipinski definition) is 3. The van der Waals surface area contributed by atoms with Gasteiger partial charge in [0.1, 0.15) is 0 Å². The standard InChI is InChI=1S/C13H13NO2/c1-16-12-11-3-2-10(13(15)5-6-13)8-9(11)4-7-14-12/h2-4,7-8,15H,5-6H2,1H3. The van der Waals surface area contributed by atoms with Crippen molar-refractivity contribution in [1.29, 1.82) is 0 Å². The quantitative estimate of drug-likeness (QED) is 0.835. The Hall–Kier alpha value is -1.61. The molecule has 0 bridgehead atoms. The van der Waals surface area contributed by atoms with Crippen molar-refractivity contribution in [3.05, 3.63) is 36.0 Å². The fraction of sp³-hybridized carbons (Fsp3) is 0.308. The summed E-state index contributed by atoms with van der Waals surface area (Å²) < 4.78 is 5.19. The molecule has 1 aromatic heterocycles. The van der Waals surface area contributed by atoms with E-state index < -0.39 is 5.60 Å². The Morgan fingerprint density at radius 1 is 1.31 bits per heavy atom. The fourth-order valence-corrected chi connectivity index (χ4v) is 2.01. The predicted octanol–water partition coefficient (Wildman–Crippen LogP) is 2.22. The van der Waals surface area contributed by atoms with Crippen molar-refractivity contribution in [2.75, 3.05) is 7.11 Å². The molecule has 1 fully saturated rings. The summed E-state index contributed by atoms with van der Waals surface area (Å²) in [6.45, 7) is 0. The molecule has 16 heavy (non-hydrogen) atoms. The second-order valence-electron chi connectivity index (χ2n) is 4.29. The molecule has 1 N–H and O–H groups in total. The molecule has 0 aliphatic heterocycles. The zero-order chi connectivity index (χ0) is 11.2. The van der Waals surface area contributed by atoms with Crippen molar-refractivity contribution < 1.29 is 9.84 Å². The van der Waals surface area contributed by atoms with E-state index in [1.165, 1.54) is 0 Å². The Morgan fingerprint density at radius 2 is 2.12 bits per heavy atom. The fourth-order valence-electron chi connectivity index (χ4n) is 2.01. The Labute approximate surface area is 93.7 Å². The van der Waals surface area contributed by atoms with E-state index in [-0.39, 0.29) is 0 Å². The summed E-state index contributed by atoms with van der Waals surface area (Å²) in [4.78, 5) is 4.15. The van der Waals surface area contributed by atoms with E-state index in [0.29, 0.717) is 5.88 Å². The molecule has 0 amide bonds. The molecule has 1 aliphatic rings. The van der Waals surface area contributed by atoms with E-state index in [1.54, 1.807) is 13.3 Å². The summed E-state index contributed by atoms with van der Waals surface area (Å²) in [5.74, 6) is 0.631. The monoisotopic (exact) mass is 215 g/mol. The summed E-state index contributed by atoms with van der Waals surface area (Å²) in [5.41, 5.74) is 0.415. The largest absolute Gasteiger partial charge is 0.481 e. The number of fused-ring (bicyclic) bond motifs is 1. The second-order valence-corrected chi connectivity index (χ2v) is 4.29. The third-order valence-electron chi connectivity index (χ3n) is 3.18. The zero-order valence-corrected chi connectivity index (χ0v) is 9.10. The molecule has 3 nitrogen and oxygen atoms in total. The maximum Gasteiger partial charge on any atom is 0.221 e. The van der Waals surface area contributed by atoms with E-state index in [0.717, 1.165) is 29.2 Å². The molecule has 0 radical (unpaired) electrons. The topological polar surface area (TPSA) is 42.4 Å². The normalized spacial score (nSPS) is 17.4. The van der Waals surface area contributed by atoms with Crippen LogP contribution in [0.5, 0.6) is 5.88 Å². The molecule has 1 saturated carbocycles. The summed E-state index contributed by atoms with van der Waals surface area (Å²) in [6.07, 6.45) is 3.45. The number of ether oxygens (including phenoxy) is 1. The zero-order valence-electron chi connectivity index (χ0n) is 9.10. The first-order valence-corrected chi connectivity index (χ1v) is 5.38. The van der Waals surface area contributed by atoms with Crippen LogP contribution in [0, 0.1) is 0 Å². The van der Waals surface area contributed by atoms with Gasteiger partial charge in [-0.2, -0.15) is 0 Å². The highest BCUT2D eigenvalue weighted by Crippen LogP contribution is 2.46. The van der Waals surface area contributed by atoms with E-state index in [1.807, 2.05) is 24.3 Å². The van der Waals surface area contributed by atoms with Crippen LogP contribution in [0.25, 0.3) is 10.8 Å². The van der Waals surface area contributed by atoms with E-state index in [9.17, 15) is 5.11 Å². The number of pyridine rings is 1. The number of aliphatic hydroxyl groups is 1. The number of rotatable bonds is 2. The highest BCUT2D eigenvalue weighted by molar-refractivity contribution is 5.87. The number of methoxy groups -OCH3 is 1. The molecular weight excluding hydrogens is 202 g/mol. The van der Waals surface area contributed by atoms with Crippen LogP contribution in [-0.4, -0.2) is 17.2 Å². The van der Waals surface area contributed by atoms with Crippen molar-refractivity contribution in [2.45, 2.75) is 18.4 Å². The SMILES string of the molecule is COc1nccc2cc(C3(O)CC3)ccc12. The van der Waals surface area contributed by atoms with Gasteiger partial charge in [0.05, 0.1) is 12.7 Å². The number of nitrogens with zero attached hydrogens (tertiary/aromatic N) is 1. The van der Waals surface area contributed by atoms with Crippen LogP contribution < -0.4 is 4.74 Å². The average Bonchev–Trinajstić information content (AvgIpc) is 3.07. The van der Waals surface area contributed by atoms with Gasteiger partial charge in [-0.05, 0) is 42.0 Å². The van der Waals surface area contributed by atoms with E-state index in [2.05, 4.69) is 4.98 Å². The maximum atomic E-state index is 10.0. The molecular formula is C13H13NO2. The Kier molecular flexibility index (Phi) is 1.91. The Balaban J connectivity index is 2.19. The second kappa shape index (κ2) is 3.19. The molecule has 2 aromatic rings. The minimum Gasteiger partial charge on any atom is -0.481 e. The molecule has 1 heterocycles. The van der Waals surface area contributed by atoms with E-state index in [4.69, 9.17) is 4.74 Å². The van der Waals surface area contributed by atoms with Crippen LogP contribution in [0.15, 0.2) is 30.5 Å². The van der Waals surface area contributed by atoms with Gasteiger partial charge in [-0.15, -0.1) is 0 Å². The molecule has 0 spiro atoms. The lowest BCUT2D eigenvalue weighted by molar-refractivity contribution is 0.151. The van der Waals surface area contributed by atoms with Gasteiger partial charge < -0.3 is 9.84 Å². The number of hydrogen-bond donors (Lipinski definition) is 1. The predicted molar refractivity (Wildman–Crippen MR) is 61.4 cm³/mol. The lowest BCUT2D eigenvalue weighted by Gasteiger charge is -2.10. The minimum absolute atomic E-state index is 0.579. The first kappa shape index (κ1) is 9.60. The van der Waals surface area contributed by atoms with Gasteiger partial charge in [0.25, 0.3) is 0 Å². The van der Waals surface area contributed by atoms with Crippen LogP contribution in [0.3, 0.4) is 0 Å². The summed E-state index contributed by atoms with van der Waals surface area (Å²) in [6, 6.07) is 7.88. The highest BCUT2D eigenvalue weighted by Gasteiger charge is 2.42. The summed E-state index contributed by atoms with van der Waals surface area (Å²) in [7, 11) is 1.62. The maximum absolute atomic E-state index is 10.0. The third kappa shape index (κ3) is 1.36. The first-order chi connectivity index (χ1) is 7.73. The molecule has 3 heteroatoms. The molecule has 0 saturated heterocycles. The van der Waals surface area contributed by atoms with Gasteiger partial charge in [0, 0.05) is 11.6 Å². The summed E-state index contributed by atoms with van der Waals surface area (Å²) >= 11 is 0. The third-order valence-corrected chi connectivity index (χ3v) is 3.18. The van der Waals surface area contributed by atoms with Gasteiger partial charge in [-0.25, -0.2) is 4.98 Å². The van der Waals surface area contributed by atoms with Gasteiger partial charge in [0.2, 0.25) is 5.88 Å². The Bertz CT molecular complexity index is 547. The first-order valence-electron chi connectivity index (χ1n) is 5.38. The smallest absolute Gasteiger partial charge is 0.221 e. The lowest BCUT2D eigenvalue weighted by Crippen LogP contribution is -2.03. The van der Waals surface area contributed by atoms with Gasteiger partial charge in [0.15, 0.2) is 0 Å². The van der Waals surface area contributed by atoms with Gasteiger partial charge in [-0.1, -0.05) is 6.07 Å². The van der Waals surface area contributed by atoms with Crippen molar-refractivity contribution in [1.82, 2.24) is 4.98 Å². The van der Waals surface area contributed by atoms with Gasteiger partial charge >= 0.3 is 0 Å². The molecule has 1 aromatic carbocycles. The minimum atomic E-state index is -0.579. The number of aromatic nitrogens is 1. The van der Waals surface area contributed by atoms with Crippen molar-refractivity contribution in [3.8, 4) is 5.88 Å². The van der Waals surface area contributed by atoms with Crippen LogP contribution in [0.4, 0.5) is 0 Å². The Morgan fingerprint density at radius 3 is 2.81 bits per heavy atom. The van der Waals surface area contributed by atoms with Crippen LogP contribution in [-0.2, 0) is 5.60 Å². The van der Waals surface area contributed by atoms with Crippen LogP contribution in [0.2, 0.25) is 0 Å². The molecule has 0 unspecified atom stereocenters. The molecule has 3 rings (SSSR count). The summed E-state index contributed by atoms with van der Waals surface area (Å²) in [5, 5.41) is 12.1. The van der Waals surface area contributed by atoms with Crippen molar-refractivity contribution in [3.63, 3.8) is 0 Å². The van der Waals surface area contributed by atoms with Gasteiger partial charge in [-0.3, -0.25) is 0 Å². The van der Waals surface area contributed by atoms with Crippen molar-refractivity contribution >= 4 is 10.8 Å². The van der Waals surface area contributed by atoms with E-state index >= 15 is 0 Å². The van der Waals surface area contributed by atoms with Crippen LogP contribution >= 0.6 is 0 Å².